The van der Waals surface area contributed by atoms with E-state index in [1.807, 2.05) is 35.4 Å². The Morgan fingerprint density at radius 2 is 1.80 bits per heavy atom. The van der Waals surface area contributed by atoms with Crippen molar-refractivity contribution < 1.29 is 13.9 Å². The van der Waals surface area contributed by atoms with E-state index in [4.69, 9.17) is 9.72 Å². The summed E-state index contributed by atoms with van der Waals surface area (Å²) < 4.78 is 21.4. The second-order valence-electron chi connectivity index (χ2n) is 11.3. The molecule has 8 nitrogen and oxygen atoms in total. The van der Waals surface area contributed by atoms with Gasteiger partial charge >= 0.3 is 5.69 Å². The highest BCUT2D eigenvalue weighted by Gasteiger charge is 2.35. The van der Waals surface area contributed by atoms with Gasteiger partial charge in [0.2, 0.25) is 5.91 Å². The molecule has 0 N–H and O–H groups in total. The number of carbonyl (C=O) groups is 1. The molecule has 0 saturated carbocycles. The lowest BCUT2D eigenvalue weighted by Crippen LogP contribution is -2.58. The highest BCUT2D eigenvalue weighted by atomic mass is 32.2. The fourth-order valence-electron chi connectivity index (χ4n) is 6.69. The Balaban J connectivity index is 1.52. The van der Waals surface area contributed by atoms with E-state index in [1.54, 1.807) is 11.8 Å². The fraction of sp³-hybridized carbons (Fsp3) is 0.452. The number of thioether (sulfide) groups is 1. The standard InChI is InChI=1S/C31H36FN5O3S/c1-5-26(38)37-20(3)15-35(16-21(37)4)30-25-14-19(2)27(22-6-8-23(32)9-7-22)29-28(25)36(31(39)33-30)17-24(18-41-29)34-10-12-40-13-11-34/h5-9,14,20-21,24H,1,10-13,15-18H2,2-4H3/t20-,21+,24?. The van der Waals surface area contributed by atoms with Gasteiger partial charge in [-0.2, -0.15) is 4.98 Å². The molecule has 0 radical (unpaired) electrons. The molecule has 41 heavy (non-hydrogen) atoms. The second-order valence-corrected chi connectivity index (χ2v) is 12.3. The summed E-state index contributed by atoms with van der Waals surface area (Å²) >= 11 is 1.77. The van der Waals surface area contributed by atoms with Crippen molar-refractivity contribution in [1.82, 2.24) is 19.4 Å². The number of amides is 1. The number of aromatic nitrogens is 2. The molecule has 0 spiro atoms. The minimum absolute atomic E-state index is 0.0710. The van der Waals surface area contributed by atoms with Crippen molar-refractivity contribution >= 4 is 34.4 Å². The van der Waals surface area contributed by atoms with E-state index < -0.39 is 0 Å². The average Bonchev–Trinajstić information content (AvgIpc) is 3.17. The first kappa shape index (κ1) is 27.9. The summed E-state index contributed by atoms with van der Waals surface area (Å²) in [5.74, 6) is 1.11. The number of hydrogen-bond acceptors (Lipinski definition) is 7. The van der Waals surface area contributed by atoms with Crippen molar-refractivity contribution in [2.24, 2.45) is 0 Å². The van der Waals surface area contributed by atoms with E-state index in [1.165, 1.54) is 18.2 Å². The van der Waals surface area contributed by atoms with Crippen molar-refractivity contribution in [2.45, 2.75) is 50.3 Å². The van der Waals surface area contributed by atoms with E-state index in [2.05, 4.69) is 29.4 Å². The Bertz CT molecular complexity index is 1540. The summed E-state index contributed by atoms with van der Waals surface area (Å²) in [6.45, 7) is 14.5. The molecular formula is C31H36FN5O3S. The maximum absolute atomic E-state index is 13.9. The summed E-state index contributed by atoms with van der Waals surface area (Å²) in [5, 5.41) is 0.931. The molecule has 0 bridgehead atoms. The van der Waals surface area contributed by atoms with Crippen molar-refractivity contribution in [3.63, 3.8) is 0 Å². The summed E-state index contributed by atoms with van der Waals surface area (Å²) in [5.41, 5.74) is 3.61. The molecule has 0 aliphatic carbocycles. The predicted molar refractivity (Wildman–Crippen MR) is 161 cm³/mol. The van der Waals surface area contributed by atoms with Crippen molar-refractivity contribution in [3.8, 4) is 11.1 Å². The monoisotopic (exact) mass is 577 g/mol. The Morgan fingerprint density at radius 3 is 2.46 bits per heavy atom. The van der Waals surface area contributed by atoms with Gasteiger partial charge in [-0.25, -0.2) is 9.18 Å². The Hall–Kier alpha value is -3.21. The van der Waals surface area contributed by atoms with Crippen molar-refractivity contribution in [2.75, 3.05) is 50.0 Å². The summed E-state index contributed by atoms with van der Waals surface area (Å²) in [6, 6.07) is 8.74. The van der Waals surface area contributed by atoms with Crippen molar-refractivity contribution in [3.05, 3.63) is 64.9 Å². The zero-order valence-electron chi connectivity index (χ0n) is 23.8. The SMILES string of the molecule is C=CC(=O)N1[C@H](C)CN(c2nc(=O)n3c4c(c(-c5ccc(F)cc5)c(C)cc24)SCC(N2CCOCC2)C3)C[C@@H]1C. The molecule has 1 amide bonds. The van der Waals surface area contributed by atoms with Crippen LogP contribution in [0.2, 0.25) is 0 Å². The van der Waals surface area contributed by atoms with Crippen LogP contribution in [0.5, 0.6) is 0 Å². The summed E-state index contributed by atoms with van der Waals surface area (Å²) in [6.07, 6.45) is 1.36. The Kier molecular flexibility index (Phi) is 7.65. The molecule has 3 aromatic rings. The molecule has 2 fully saturated rings. The molecule has 2 aromatic carbocycles. The van der Waals surface area contributed by atoms with E-state index in [9.17, 15) is 14.0 Å². The lowest BCUT2D eigenvalue weighted by atomic mass is 9.97. The number of anilines is 1. The molecule has 3 atom stereocenters. The number of carbonyl (C=O) groups excluding carboxylic acids is 1. The largest absolute Gasteiger partial charge is 0.379 e. The number of aryl methyl sites for hydroxylation is 1. The highest BCUT2D eigenvalue weighted by Crippen LogP contribution is 2.44. The highest BCUT2D eigenvalue weighted by molar-refractivity contribution is 7.99. The molecule has 3 aliphatic rings. The van der Waals surface area contributed by atoms with Crippen LogP contribution in [0.1, 0.15) is 19.4 Å². The quantitative estimate of drug-likeness (QED) is 0.436. The lowest BCUT2D eigenvalue weighted by Gasteiger charge is -2.44. The first-order chi connectivity index (χ1) is 19.8. The molecule has 4 heterocycles. The normalized spacial score (nSPS) is 23.5. The van der Waals surface area contributed by atoms with Crippen LogP contribution in [0.15, 0.2) is 52.7 Å². The molecule has 3 aliphatic heterocycles. The maximum Gasteiger partial charge on any atom is 0.350 e. The molecule has 10 heteroatoms. The Morgan fingerprint density at radius 1 is 1.12 bits per heavy atom. The molecular weight excluding hydrogens is 541 g/mol. The maximum atomic E-state index is 13.9. The second kappa shape index (κ2) is 11.2. The van der Waals surface area contributed by atoms with Gasteiger partial charge in [-0.3, -0.25) is 14.3 Å². The zero-order valence-corrected chi connectivity index (χ0v) is 24.6. The van der Waals surface area contributed by atoms with Gasteiger partial charge in [0.15, 0.2) is 0 Å². The van der Waals surface area contributed by atoms with E-state index in [-0.39, 0.29) is 35.5 Å². The number of benzene rings is 2. The first-order valence-electron chi connectivity index (χ1n) is 14.2. The minimum atomic E-state index is -0.279. The summed E-state index contributed by atoms with van der Waals surface area (Å²) in [7, 11) is 0. The number of piperazine rings is 1. The van der Waals surface area contributed by atoms with Gasteiger partial charge in [-0.05, 0) is 56.2 Å². The molecule has 1 unspecified atom stereocenters. The van der Waals surface area contributed by atoms with Crippen LogP contribution in [0, 0.1) is 12.7 Å². The average molecular weight is 578 g/mol. The van der Waals surface area contributed by atoms with Gasteiger partial charge in [0.1, 0.15) is 11.6 Å². The number of nitrogens with zero attached hydrogens (tertiary/aromatic N) is 5. The van der Waals surface area contributed by atoms with Crippen LogP contribution in [0.3, 0.4) is 0 Å². The third kappa shape index (κ3) is 5.06. The van der Waals surface area contributed by atoms with Crippen LogP contribution in [0.25, 0.3) is 22.0 Å². The lowest BCUT2D eigenvalue weighted by molar-refractivity contribution is -0.130. The number of ether oxygens (including phenoxy) is 1. The van der Waals surface area contributed by atoms with Gasteiger partial charge < -0.3 is 14.5 Å². The summed E-state index contributed by atoms with van der Waals surface area (Å²) in [4.78, 5) is 38.6. The molecule has 6 rings (SSSR count). The van der Waals surface area contributed by atoms with E-state index in [0.717, 1.165) is 51.3 Å². The van der Waals surface area contributed by atoms with Gasteiger partial charge in [-0.1, -0.05) is 18.7 Å². The number of rotatable bonds is 4. The minimum Gasteiger partial charge on any atom is -0.379 e. The zero-order chi connectivity index (χ0) is 28.8. The predicted octanol–water partition coefficient (Wildman–Crippen LogP) is 3.93. The number of morpholine rings is 1. The van der Waals surface area contributed by atoms with Gasteiger partial charge in [0.25, 0.3) is 0 Å². The van der Waals surface area contributed by atoms with Gasteiger partial charge in [-0.15, -0.1) is 11.8 Å². The van der Waals surface area contributed by atoms with E-state index >= 15 is 0 Å². The van der Waals surface area contributed by atoms with Crippen LogP contribution < -0.4 is 10.6 Å². The van der Waals surface area contributed by atoms with Gasteiger partial charge in [0.05, 0.1) is 18.7 Å². The van der Waals surface area contributed by atoms with Crippen LogP contribution in [-0.4, -0.2) is 88.5 Å². The van der Waals surface area contributed by atoms with Crippen LogP contribution in [0.4, 0.5) is 10.2 Å². The molecule has 216 valence electrons. The topological polar surface area (TPSA) is 70.9 Å². The van der Waals surface area contributed by atoms with Gasteiger partial charge in [0, 0.05) is 72.4 Å². The van der Waals surface area contributed by atoms with E-state index in [0.29, 0.717) is 38.7 Å². The number of halogens is 1. The smallest absolute Gasteiger partial charge is 0.350 e. The van der Waals surface area contributed by atoms with Crippen LogP contribution >= 0.6 is 11.8 Å². The third-order valence-corrected chi connectivity index (χ3v) is 9.79. The first-order valence-corrected chi connectivity index (χ1v) is 15.2. The van der Waals surface area contributed by atoms with Crippen LogP contribution in [-0.2, 0) is 16.1 Å². The fourth-order valence-corrected chi connectivity index (χ4v) is 8.15. The Labute approximate surface area is 243 Å². The van der Waals surface area contributed by atoms with Crippen molar-refractivity contribution in [1.29, 1.82) is 0 Å². The number of hydrogen-bond donors (Lipinski definition) is 0. The molecule has 1 aromatic heterocycles. The third-order valence-electron chi connectivity index (χ3n) is 8.55. The molecule has 2 saturated heterocycles.